The zero-order chi connectivity index (χ0) is 18.8. The molecule has 3 aromatic rings. The lowest BCUT2D eigenvalue weighted by Gasteiger charge is -2.35. The van der Waals surface area contributed by atoms with Crippen LogP contribution in [0.3, 0.4) is 0 Å². The summed E-state index contributed by atoms with van der Waals surface area (Å²) in [4.78, 5) is 13.2. The van der Waals surface area contributed by atoms with Crippen molar-refractivity contribution in [3.63, 3.8) is 0 Å². The topological polar surface area (TPSA) is 64.9 Å². The largest absolute Gasteiger partial charge is 0.507 e. The molecule has 5 nitrogen and oxygen atoms in total. The van der Waals surface area contributed by atoms with E-state index in [9.17, 15) is 9.90 Å². The Hall–Kier alpha value is -3.60. The molecule has 0 aliphatic carbocycles. The predicted molar refractivity (Wildman–Crippen MR) is 106 cm³/mol. The molecule has 0 bridgehead atoms. The minimum atomic E-state index is -0.436. The normalized spacial score (nSPS) is 16.6. The summed E-state index contributed by atoms with van der Waals surface area (Å²) in [6, 6.07) is 24.1. The zero-order valence-corrected chi connectivity index (χ0v) is 14.8. The average Bonchev–Trinajstić information content (AvgIpc) is 2.71. The third-order valence-electron chi connectivity index (χ3n) is 4.57. The lowest BCUT2D eigenvalue weighted by molar-refractivity contribution is 0.0689. The first-order valence-electron chi connectivity index (χ1n) is 8.73. The van der Waals surface area contributed by atoms with Gasteiger partial charge < -0.3 is 10.4 Å². The number of hydrazone groups is 1. The van der Waals surface area contributed by atoms with Crippen LogP contribution in [-0.2, 0) is 0 Å². The highest BCUT2D eigenvalue weighted by Crippen LogP contribution is 2.33. The zero-order valence-electron chi connectivity index (χ0n) is 14.8. The third-order valence-corrected chi connectivity index (χ3v) is 4.57. The summed E-state index contributed by atoms with van der Waals surface area (Å²) in [7, 11) is 0. The molecule has 1 heterocycles. The van der Waals surface area contributed by atoms with Crippen LogP contribution in [0.2, 0.25) is 0 Å². The summed E-state index contributed by atoms with van der Waals surface area (Å²) in [6.45, 7) is 1.78. The van der Waals surface area contributed by atoms with Crippen molar-refractivity contribution >= 4 is 17.3 Å². The van der Waals surface area contributed by atoms with Gasteiger partial charge in [-0.05, 0) is 36.8 Å². The van der Waals surface area contributed by atoms with Gasteiger partial charge >= 0.3 is 0 Å². The molecular weight excluding hydrogens is 338 g/mol. The van der Waals surface area contributed by atoms with E-state index < -0.39 is 6.17 Å². The first-order valence-corrected chi connectivity index (χ1v) is 8.73. The second-order valence-corrected chi connectivity index (χ2v) is 6.36. The fourth-order valence-corrected chi connectivity index (χ4v) is 3.20. The molecule has 1 aliphatic heterocycles. The van der Waals surface area contributed by atoms with Gasteiger partial charge in [0.2, 0.25) is 0 Å². The third kappa shape index (κ3) is 3.15. The molecule has 5 heteroatoms. The number of anilines is 1. The van der Waals surface area contributed by atoms with Crippen LogP contribution in [0.4, 0.5) is 5.69 Å². The van der Waals surface area contributed by atoms with Crippen molar-refractivity contribution in [2.75, 3.05) is 5.32 Å². The number of hydrogen-bond donors (Lipinski definition) is 2. The fourth-order valence-electron chi connectivity index (χ4n) is 3.20. The van der Waals surface area contributed by atoms with E-state index in [1.165, 1.54) is 5.01 Å². The van der Waals surface area contributed by atoms with Gasteiger partial charge in [0, 0.05) is 11.3 Å². The SMILES string of the molecule is C/C(=N/N1C(=O)c2ccccc2N[C@@H]1c1ccccc1)c1ccccc1O. The van der Waals surface area contributed by atoms with E-state index in [1.54, 1.807) is 31.2 Å². The molecule has 1 atom stereocenters. The molecule has 0 saturated carbocycles. The number of phenolic OH excluding ortho intramolecular Hbond substituents is 1. The van der Waals surface area contributed by atoms with Crippen molar-refractivity contribution in [1.82, 2.24) is 5.01 Å². The van der Waals surface area contributed by atoms with Crippen LogP contribution >= 0.6 is 0 Å². The van der Waals surface area contributed by atoms with Crippen molar-refractivity contribution in [2.45, 2.75) is 13.1 Å². The maximum absolute atomic E-state index is 13.2. The van der Waals surface area contributed by atoms with Crippen LogP contribution in [0.15, 0.2) is 84.0 Å². The van der Waals surface area contributed by atoms with Crippen LogP contribution < -0.4 is 5.32 Å². The standard InChI is InChI=1S/C22H19N3O2/c1-15(17-11-6-8-14-20(17)26)24-25-21(16-9-3-2-4-10-16)23-19-13-7-5-12-18(19)22(25)27/h2-14,21,23,26H,1H3/b24-15-/t21-/m0/s1. The highest BCUT2D eigenvalue weighted by molar-refractivity contribution is 6.05. The summed E-state index contributed by atoms with van der Waals surface area (Å²) >= 11 is 0. The minimum absolute atomic E-state index is 0.132. The Morgan fingerprint density at radius 1 is 0.963 bits per heavy atom. The Morgan fingerprint density at radius 3 is 2.41 bits per heavy atom. The maximum atomic E-state index is 13.2. The van der Waals surface area contributed by atoms with Crippen LogP contribution in [0, 0.1) is 0 Å². The summed E-state index contributed by atoms with van der Waals surface area (Å²) in [5.41, 5.74) is 3.43. The molecule has 0 radical (unpaired) electrons. The maximum Gasteiger partial charge on any atom is 0.278 e. The minimum Gasteiger partial charge on any atom is -0.507 e. The lowest BCUT2D eigenvalue weighted by Crippen LogP contribution is -2.40. The van der Waals surface area contributed by atoms with E-state index in [0.29, 0.717) is 16.8 Å². The van der Waals surface area contributed by atoms with Gasteiger partial charge in [0.1, 0.15) is 5.75 Å². The number of benzene rings is 3. The second kappa shape index (κ2) is 6.96. The molecule has 0 spiro atoms. The van der Waals surface area contributed by atoms with E-state index in [4.69, 9.17) is 0 Å². The Labute approximate surface area is 157 Å². The number of hydrogen-bond acceptors (Lipinski definition) is 4. The molecule has 0 aromatic heterocycles. The van der Waals surface area contributed by atoms with E-state index in [-0.39, 0.29) is 11.7 Å². The number of rotatable bonds is 3. The summed E-state index contributed by atoms with van der Waals surface area (Å²) in [5, 5.41) is 19.5. The Balaban J connectivity index is 1.81. The van der Waals surface area contributed by atoms with Crippen molar-refractivity contribution < 1.29 is 9.90 Å². The number of amides is 1. The van der Waals surface area contributed by atoms with Gasteiger partial charge in [0.05, 0.1) is 11.3 Å². The monoisotopic (exact) mass is 357 g/mol. The van der Waals surface area contributed by atoms with Gasteiger partial charge in [0.25, 0.3) is 5.91 Å². The van der Waals surface area contributed by atoms with Crippen molar-refractivity contribution in [3.05, 3.63) is 95.6 Å². The van der Waals surface area contributed by atoms with Gasteiger partial charge in [-0.2, -0.15) is 5.10 Å². The van der Waals surface area contributed by atoms with E-state index >= 15 is 0 Å². The highest BCUT2D eigenvalue weighted by atomic mass is 16.3. The van der Waals surface area contributed by atoms with E-state index in [1.807, 2.05) is 54.6 Å². The number of fused-ring (bicyclic) bond motifs is 1. The average molecular weight is 357 g/mol. The number of carbonyl (C=O) groups excluding carboxylic acids is 1. The number of para-hydroxylation sites is 2. The number of nitrogens with one attached hydrogen (secondary N) is 1. The van der Waals surface area contributed by atoms with Crippen molar-refractivity contribution in [2.24, 2.45) is 5.10 Å². The van der Waals surface area contributed by atoms with Gasteiger partial charge in [-0.25, -0.2) is 5.01 Å². The van der Waals surface area contributed by atoms with E-state index in [2.05, 4.69) is 10.4 Å². The Bertz CT molecular complexity index is 1010. The number of aromatic hydroxyl groups is 1. The number of phenols is 1. The van der Waals surface area contributed by atoms with Crippen molar-refractivity contribution in [3.8, 4) is 5.75 Å². The molecule has 0 saturated heterocycles. The molecule has 134 valence electrons. The van der Waals surface area contributed by atoms with Crippen LogP contribution in [0.1, 0.15) is 34.6 Å². The first-order chi connectivity index (χ1) is 13.1. The molecule has 1 amide bonds. The van der Waals surface area contributed by atoms with Gasteiger partial charge in [-0.1, -0.05) is 54.6 Å². The molecule has 27 heavy (non-hydrogen) atoms. The summed E-state index contributed by atoms with van der Waals surface area (Å²) in [6.07, 6.45) is -0.436. The lowest BCUT2D eigenvalue weighted by atomic mass is 10.0. The van der Waals surface area contributed by atoms with Gasteiger partial charge in [-0.15, -0.1) is 0 Å². The van der Waals surface area contributed by atoms with Gasteiger partial charge in [-0.3, -0.25) is 4.79 Å². The second-order valence-electron chi connectivity index (χ2n) is 6.36. The highest BCUT2D eigenvalue weighted by Gasteiger charge is 2.33. The number of carbonyl (C=O) groups is 1. The molecule has 2 N–H and O–H groups in total. The number of nitrogens with zero attached hydrogens (tertiary/aromatic N) is 2. The summed E-state index contributed by atoms with van der Waals surface area (Å²) < 4.78 is 0. The van der Waals surface area contributed by atoms with E-state index in [0.717, 1.165) is 11.3 Å². The summed E-state index contributed by atoms with van der Waals surface area (Å²) in [5.74, 6) is -0.0548. The molecule has 1 aliphatic rings. The quantitative estimate of drug-likeness (QED) is 0.684. The van der Waals surface area contributed by atoms with Crippen molar-refractivity contribution in [1.29, 1.82) is 0 Å². The smallest absolute Gasteiger partial charge is 0.278 e. The Kier molecular flexibility index (Phi) is 4.34. The van der Waals surface area contributed by atoms with Gasteiger partial charge in [0.15, 0.2) is 6.17 Å². The fraction of sp³-hybridized carbons (Fsp3) is 0.0909. The molecule has 3 aromatic carbocycles. The first kappa shape index (κ1) is 16.8. The molecule has 0 fully saturated rings. The molecule has 0 unspecified atom stereocenters. The molecule has 4 rings (SSSR count). The van der Waals surface area contributed by atoms with Crippen LogP contribution in [0.5, 0.6) is 5.75 Å². The molecular formula is C22H19N3O2. The van der Waals surface area contributed by atoms with Crippen LogP contribution in [0.25, 0.3) is 0 Å². The Morgan fingerprint density at radius 2 is 1.63 bits per heavy atom. The van der Waals surface area contributed by atoms with Crippen LogP contribution in [-0.4, -0.2) is 21.7 Å². The predicted octanol–water partition coefficient (Wildman–Crippen LogP) is 4.38.